The number of nitrogens with two attached hydrogens (primary N) is 1. The van der Waals surface area contributed by atoms with Crippen LogP contribution in [0.1, 0.15) is 0 Å². The normalized spacial score (nSPS) is 10.7. The van der Waals surface area contributed by atoms with E-state index in [1.54, 1.807) is 0 Å². The zero-order chi connectivity index (χ0) is 6.27. The van der Waals surface area contributed by atoms with Gasteiger partial charge in [-0.05, 0) is 11.5 Å². The Hall–Kier alpha value is -0.680. The number of anilines is 1. The van der Waals surface area contributed by atoms with Gasteiger partial charge >= 0.3 is 0 Å². The van der Waals surface area contributed by atoms with E-state index in [4.69, 9.17) is 5.73 Å². The highest BCUT2D eigenvalue weighted by molar-refractivity contribution is 7.37. The van der Waals surface area contributed by atoms with Crippen LogP contribution in [0.5, 0.6) is 0 Å². The molecule has 0 aromatic carbocycles. The molecule has 2 N–H and O–H groups in total. The van der Waals surface area contributed by atoms with Gasteiger partial charge in [-0.1, -0.05) is 4.49 Å². The summed E-state index contributed by atoms with van der Waals surface area (Å²) in [7, 11) is 0. The number of hydrogen-bond donors (Lipinski definition) is 1. The average molecular weight is 157 g/mol. The van der Waals surface area contributed by atoms with Gasteiger partial charge in [0.25, 0.3) is 0 Å². The Morgan fingerprint density at radius 2 is 2.44 bits per heavy atom. The number of nitrogen functional groups attached to an aromatic ring is 1. The molecule has 5 heteroatoms. The van der Waals surface area contributed by atoms with E-state index >= 15 is 0 Å². The molecule has 0 fully saturated rings. The maximum absolute atomic E-state index is 5.49. The van der Waals surface area contributed by atoms with Crippen LogP contribution in [0.25, 0.3) is 9.53 Å². The van der Waals surface area contributed by atoms with Crippen LogP contribution < -0.4 is 5.73 Å². The molecule has 46 valence electrons. The van der Waals surface area contributed by atoms with Crippen molar-refractivity contribution in [3.05, 3.63) is 6.07 Å². The lowest BCUT2D eigenvalue weighted by molar-refractivity contribution is 1.20. The largest absolute Gasteiger partial charge is 0.390 e. The molecule has 0 aliphatic rings. The van der Waals surface area contributed by atoms with Crippen molar-refractivity contribution < 1.29 is 0 Å². The van der Waals surface area contributed by atoms with Crippen molar-refractivity contribution in [2.24, 2.45) is 0 Å². The smallest absolute Gasteiger partial charge is 0.130 e. The van der Waals surface area contributed by atoms with Gasteiger partial charge in [-0.15, -0.1) is 16.4 Å². The lowest BCUT2D eigenvalue weighted by Gasteiger charge is -1.71. The predicted octanol–water partition coefficient (Wildman–Crippen LogP) is 1.33. The summed E-state index contributed by atoms with van der Waals surface area (Å²) in [6, 6.07) is 1.84. The second-order valence-corrected chi connectivity index (χ2v) is 3.69. The van der Waals surface area contributed by atoms with E-state index in [0.29, 0.717) is 0 Å². The topological polar surface area (TPSA) is 51.8 Å². The lowest BCUT2D eigenvalue weighted by atomic mass is 10.6. The van der Waals surface area contributed by atoms with Gasteiger partial charge in [-0.3, -0.25) is 0 Å². The average Bonchev–Trinajstić information content (AvgIpc) is 2.22. The molecule has 0 saturated heterocycles. The van der Waals surface area contributed by atoms with Crippen molar-refractivity contribution in [2.75, 3.05) is 5.73 Å². The van der Waals surface area contributed by atoms with Crippen molar-refractivity contribution in [3.63, 3.8) is 0 Å². The molecule has 0 spiro atoms. The molecule has 0 unspecified atom stereocenters. The van der Waals surface area contributed by atoms with Crippen LogP contribution in [0.4, 0.5) is 5.00 Å². The molecule has 0 amide bonds. The first kappa shape index (κ1) is 5.13. The van der Waals surface area contributed by atoms with Gasteiger partial charge in [0.15, 0.2) is 0 Å². The lowest BCUT2D eigenvalue weighted by Crippen LogP contribution is -1.73. The molecule has 0 radical (unpaired) electrons. The second kappa shape index (κ2) is 1.65. The molecule has 3 nitrogen and oxygen atoms in total. The first-order valence-electron chi connectivity index (χ1n) is 2.33. The zero-order valence-corrected chi connectivity index (χ0v) is 6.00. The number of nitrogens with zero attached hydrogens (tertiary/aromatic N) is 2. The number of aromatic nitrogens is 2. The molecule has 2 heterocycles. The fourth-order valence-electron chi connectivity index (χ4n) is 0.619. The van der Waals surface area contributed by atoms with E-state index in [1.165, 1.54) is 22.9 Å². The van der Waals surface area contributed by atoms with Gasteiger partial charge in [-0.2, -0.15) is 0 Å². The SMILES string of the molecule is Nc1cc2nnsc2s1. The summed E-state index contributed by atoms with van der Waals surface area (Å²) in [4.78, 5) is 0. The molecule has 0 aliphatic carbocycles. The molecular weight excluding hydrogens is 154 g/mol. The molecule has 2 aromatic rings. The number of thiophene rings is 1. The van der Waals surface area contributed by atoms with Crippen molar-refractivity contribution in [3.8, 4) is 0 Å². The van der Waals surface area contributed by atoms with Gasteiger partial charge in [0, 0.05) is 6.07 Å². The Kier molecular flexibility index (Phi) is 0.940. The second-order valence-electron chi connectivity index (χ2n) is 1.59. The monoisotopic (exact) mass is 157 g/mol. The van der Waals surface area contributed by atoms with Crippen molar-refractivity contribution in [2.45, 2.75) is 0 Å². The third kappa shape index (κ3) is 0.691. The van der Waals surface area contributed by atoms with E-state index in [1.807, 2.05) is 6.07 Å². The molecule has 0 bridgehead atoms. The summed E-state index contributed by atoms with van der Waals surface area (Å²) >= 11 is 2.92. The van der Waals surface area contributed by atoms with E-state index in [2.05, 4.69) is 9.59 Å². The van der Waals surface area contributed by atoms with Gasteiger partial charge < -0.3 is 5.73 Å². The van der Waals surface area contributed by atoms with Gasteiger partial charge in [-0.25, -0.2) is 0 Å². The summed E-state index contributed by atoms with van der Waals surface area (Å²) in [6.45, 7) is 0. The predicted molar refractivity (Wildman–Crippen MR) is 39.7 cm³/mol. The Morgan fingerprint density at radius 3 is 3.22 bits per heavy atom. The number of hydrogen-bond acceptors (Lipinski definition) is 5. The molecule has 0 aliphatic heterocycles. The summed E-state index contributed by atoms with van der Waals surface area (Å²) in [6.07, 6.45) is 0. The third-order valence-corrected chi connectivity index (χ3v) is 2.73. The van der Waals surface area contributed by atoms with Gasteiger partial charge in [0.1, 0.15) is 9.53 Å². The van der Waals surface area contributed by atoms with Gasteiger partial charge in [0.05, 0.1) is 5.00 Å². The highest BCUT2D eigenvalue weighted by atomic mass is 32.2. The van der Waals surface area contributed by atoms with Crippen molar-refractivity contribution in [1.82, 2.24) is 9.59 Å². The molecule has 9 heavy (non-hydrogen) atoms. The van der Waals surface area contributed by atoms with Crippen LogP contribution in [0.3, 0.4) is 0 Å². The van der Waals surface area contributed by atoms with Crippen LogP contribution in [0, 0.1) is 0 Å². The highest BCUT2D eigenvalue weighted by Crippen LogP contribution is 2.27. The zero-order valence-electron chi connectivity index (χ0n) is 4.37. The minimum absolute atomic E-state index is 0.811. The number of fused-ring (bicyclic) bond motifs is 1. The van der Waals surface area contributed by atoms with Crippen molar-refractivity contribution >= 4 is 37.4 Å². The van der Waals surface area contributed by atoms with E-state index in [-0.39, 0.29) is 0 Å². The summed E-state index contributed by atoms with van der Waals surface area (Å²) in [5.41, 5.74) is 6.41. The summed E-state index contributed by atoms with van der Waals surface area (Å²) in [5, 5.41) is 4.65. The van der Waals surface area contributed by atoms with Crippen LogP contribution in [0.2, 0.25) is 0 Å². The standard InChI is InChI=1S/C4H3N3S2/c5-3-1-2-4(8-3)9-7-6-2/h1H,5H2. The summed E-state index contributed by atoms with van der Waals surface area (Å²) in [5.74, 6) is 0. The van der Waals surface area contributed by atoms with E-state index < -0.39 is 0 Å². The molecule has 2 rings (SSSR count). The van der Waals surface area contributed by atoms with Crippen LogP contribution >= 0.6 is 22.9 Å². The Labute approximate surface area is 59.3 Å². The fourth-order valence-corrected chi connectivity index (χ4v) is 2.14. The molecule has 2 aromatic heterocycles. The van der Waals surface area contributed by atoms with E-state index in [0.717, 1.165) is 14.5 Å². The van der Waals surface area contributed by atoms with Crippen LogP contribution in [0.15, 0.2) is 6.07 Å². The first-order valence-corrected chi connectivity index (χ1v) is 3.92. The number of rotatable bonds is 0. The molecular formula is C4H3N3S2. The minimum atomic E-state index is 0.811. The minimum Gasteiger partial charge on any atom is -0.390 e. The molecule has 0 saturated carbocycles. The van der Waals surface area contributed by atoms with E-state index in [9.17, 15) is 0 Å². The molecule has 0 atom stereocenters. The first-order chi connectivity index (χ1) is 4.36. The van der Waals surface area contributed by atoms with Crippen LogP contribution in [-0.2, 0) is 0 Å². The third-order valence-electron chi connectivity index (χ3n) is 0.971. The summed E-state index contributed by atoms with van der Waals surface area (Å²) < 4.78 is 4.85. The quantitative estimate of drug-likeness (QED) is 0.627. The van der Waals surface area contributed by atoms with Crippen molar-refractivity contribution in [1.29, 1.82) is 0 Å². The Balaban J connectivity index is 2.92. The highest BCUT2D eigenvalue weighted by Gasteiger charge is 2.00. The Morgan fingerprint density at radius 1 is 1.56 bits per heavy atom. The maximum atomic E-state index is 5.49. The van der Waals surface area contributed by atoms with Crippen LogP contribution in [-0.4, -0.2) is 9.59 Å². The Bertz CT molecular complexity index is 295. The van der Waals surface area contributed by atoms with Gasteiger partial charge in [0.2, 0.25) is 0 Å². The fraction of sp³-hybridized carbons (Fsp3) is 0. The maximum Gasteiger partial charge on any atom is 0.130 e.